The van der Waals surface area contributed by atoms with Gasteiger partial charge in [0, 0.05) is 36.4 Å². The number of nitrogens with zero attached hydrogens (tertiary/aromatic N) is 4. The number of nitrogens with one attached hydrogen (secondary N) is 1. The predicted octanol–water partition coefficient (Wildman–Crippen LogP) is 5.10. The van der Waals surface area contributed by atoms with Crippen LogP contribution in [0.25, 0.3) is 11.3 Å². The van der Waals surface area contributed by atoms with E-state index in [9.17, 15) is 4.79 Å². The third kappa shape index (κ3) is 5.30. The van der Waals surface area contributed by atoms with Crippen molar-refractivity contribution in [2.24, 2.45) is 0 Å². The van der Waals surface area contributed by atoms with E-state index in [1.54, 1.807) is 30.5 Å². The van der Waals surface area contributed by atoms with Crippen LogP contribution in [0.2, 0.25) is 0 Å². The smallest absolute Gasteiger partial charge is 0.259 e. The molecule has 5 rings (SSSR count). The molecule has 0 unspecified atom stereocenters. The van der Waals surface area contributed by atoms with Crippen LogP contribution in [0.4, 0.5) is 5.69 Å². The normalized spacial score (nSPS) is 10.8. The summed E-state index contributed by atoms with van der Waals surface area (Å²) in [6.45, 7) is 1.24. The minimum atomic E-state index is -0.220. The van der Waals surface area contributed by atoms with Gasteiger partial charge in [0.05, 0.1) is 25.5 Å². The van der Waals surface area contributed by atoms with Crippen LogP contribution in [0.15, 0.2) is 104 Å². The quantitative estimate of drug-likeness (QED) is 0.347. The molecule has 0 radical (unpaired) electrons. The molecular weight excluding hydrogens is 438 g/mol. The molecule has 0 bridgehead atoms. The number of methoxy groups -OCH3 is 1. The molecule has 174 valence electrons. The van der Waals surface area contributed by atoms with E-state index in [1.165, 1.54) is 0 Å². The minimum Gasteiger partial charge on any atom is -0.497 e. The second-order valence-corrected chi connectivity index (χ2v) is 8.20. The van der Waals surface area contributed by atoms with Gasteiger partial charge in [-0.25, -0.2) is 4.98 Å². The Kier molecular flexibility index (Phi) is 6.39. The molecule has 0 atom stereocenters. The van der Waals surface area contributed by atoms with Gasteiger partial charge in [0.15, 0.2) is 0 Å². The standard InChI is InChI=1S/C28H25N5O2/c1-35-25-12-6-10-23(16-25)27-26(19-33(31-27)18-21-7-3-2-4-8-21)28(34)30-24-11-5-9-22(15-24)17-32-14-13-29-20-32/h2-16,19-20H,17-18H2,1H3,(H,30,34). The van der Waals surface area contributed by atoms with E-state index in [4.69, 9.17) is 9.84 Å². The molecule has 1 N–H and O–H groups in total. The molecule has 1 amide bonds. The van der Waals surface area contributed by atoms with Gasteiger partial charge in [0.25, 0.3) is 5.91 Å². The monoisotopic (exact) mass is 463 g/mol. The largest absolute Gasteiger partial charge is 0.497 e. The number of carbonyl (C=O) groups excluding carboxylic acids is 1. The van der Waals surface area contributed by atoms with Crippen molar-refractivity contribution in [1.29, 1.82) is 0 Å². The highest BCUT2D eigenvalue weighted by Gasteiger charge is 2.19. The Morgan fingerprint density at radius 3 is 2.57 bits per heavy atom. The van der Waals surface area contributed by atoms with Crippen molar-refractivity contribution in [3.63, 3.8) is 0 Å². The number of imidazole rings is 1. The van der Waals surface area contributed by atoms with Gasteiger partial charge in [-0.1, -0.05) is 54.6 Å². The lowest BCUT2D eigenvalue weighted by Crippen LogP contribution is -2.12. The van der Waals surface area contributed by atoms with E-state index in [0.29, 0.717) is 30.1 Å². The molecule has 0 saturated heterocycles. The molecule has 0 aliphatic rings. The van der Waals surface area contributed by atoms with Gasteiger partial charge >= 0.3 is 0 Å². The van der Waals surface area contributed by atoms with Gasteiger partial charge in [0.1, 0.15) is 11.4 Å². The topological polar surface area (TPSA) is 74.0 Å². The molecule has 0 aliphatic carbocycles. The van der Waals surface area contributed by atoms with Crippen LogP contribution in [-0.2, 0) is 13.1 Å². The van der Waals surface area contributed by atoms with Crippen molar-refractivity contribution in [3.05, 3.63) is 120 Å². The summed E-state index contributed by atoms with van der Waals surface area (Å²) in [6, 6.07) is 25.4. The molecule has 0 aliphatic heterocycles. The van der Waals surface area contributed by atoms with E-state index in [-0.39, 0.29) is 5.91 Å². The van der Waals surface area contributed by atoms with Crippen LogP contribution in [0, 0.1) is 0 Å². The van der Waals surface area contributed by atoms with Crippen LogP contribution in [0.1, 0.15) is 21.5 Å². The Morgan fingerprint density at radius 1 is 0.943 bits per heavy atom. The second-order valence-electron chi connectivity index (χ2n) is 8.20. The fourth-order valence-corrected chi connectivity index (χ4v) is 3.96. The maximum absolute atomic E-state index is 13.4. The van der Waals surface area contributed by atoms with Crippen LogP contribution < -0.4 is 10.1 Å². The van der Waals surface area contributed by atoms with Gasteiger partial charge in [-0.05, 0) is 35.4 Å². The lowest BCUT2D eigenvalue weighted by Gasteiger charge is -2.09. The van der Waals surface area contributed by atoms with E-state index in [2.05, 4.69) is 10.3 Å². The third-order valence-electron chi connectivity index (χ3n) is 5.65. The zero-order chi connectivity index (χ0) is 24.0. The Morgan fingerprint density at radius 2 is 1.77 bits per heavy atom. The Bertz CT molecular complexity index is 1430. The highest BCUT2D eigenvalue weighted by molar-refractivity contribution is 6.08. The van der Waals surface area contributed by atoms with Crippen molar-refractivity contribution in [2.45, 2.75) is 13.1 Å². The van der Waals surface area contributed by atoms with Crippen molar-refractivity contribution in [3.8, 4) is 17.0 Å². The van der Waals surface area contributed by atoms with Crippen molar-refractivity contribution in [2.75, 3.05) is 12.4 Å². The number of ether oxygens (including phenoxy) is 1. The van der Waals surface area contributed by atoms with Crippen LogP contribution >= 0.6 is 0 Å². The lowest BCUT2D eigenvalue weighted by atomic mass is 10.1. The molecule has 0 spiro atoms. The minimum absolute atomic E-state index is 0.220. The summed E-state index contributed by atoms with van der Waals surface area (Å²) < 4.78 is 9.17. The van der Waals surface area contributed by atoms with Gasteiger partial charge in [-0.15, -0.1) is 0 Å². The number of benzene rings is 3. The number of hydrogen-bond donors (Lipinski definition) is 1. The highest BCUT2D eigenvalue weighted by Crippen LogP contribution is 2.27. The molecule has 2 heterocycles. The van der Waals surface area contributed by atoms with Gasteiger partial charge in [-0.3, -0.25) is 9.48 Å². The molecule has 5 aromatic rings. The fourth-order valence-electron chi connectivity index (χ4n) is 3.96. The summed E-state index contributed by atoms with van der Waals surface area (Å²) in [5.74, 6) is 0.487. The predicted molar refractivity (Wildman–Crippen MR) is 135 cm³/mol. The summed E-state index contributed by atoms with van der Waals surface area (Å²) in [5.41, 5.74) is 4.80. The van der Waals surface area contributed by atoms with Crippen LogP contribution in [0.3, 0.4) is 0 Å². The van der Waals surface area contributed by atoms with Crippen LogP contribution in [-0.4, -0.2) is 32.3 Å². The number of rotatable bonds is 8. The van der Waals surface area contributed by atoms with E-state index < -0.39 is 0 Å². The first-order valence-electron chi connectivity index (χ1n) is 11.3. The molecule has 0 saturated carbocycles. The summed E-state index contributed by atoms with van der Waals surface area (Å²) in [6.07, 6.45) is 7.23. The van der Waals surface area contributed by atoms with E-state index >= 15 is 0 Å². The Balaban J connectivity index is 1.44. The first-order valence-corrected chi connectivity index (χ1v) is 11.3. The molecule has 0 fully saturated rings. The SMILES string of the molecule is COc1cccc(-c2nn(Cc3ccccc3)cc2C(=O)Nc2cccc(Cn3ccnc3)c2)c1. The molecule has 7 heteroatoms. The summed E-state index contributed by atoms with van der Waals surface area (Å²) in [4.78, 5) is 17.5. The average Bonchev–Trinajstić information content (AvgIpc) is 3.55. The van der Waals surface area contributed by atoms with Gasteiger partial charge in [0.2, 0.25) is 0 Å². The molecule has 3 aromatic carbocycles. The number of carbonyl (C=O) groups is 1. The first kappa shape index (κ1) is 22.2. The Labute approximate surface area is 203 Å². The maximum atomic E-state index is 13.4. The highest BCUT2D eigenvalue weighted by atomic mass is 16.5. The number of amides is 1. The first-order chi connectivity index (χ1) is 17.2. The molecule has 35 heavy (non-hydrogen) atoms. The second kappa shape index (κ2) is 10.1. The molecule has 7 nitrogen and oxygen atoms in total. The van der Waals surface area contributed by atoms with Gasteiger partial charge in [-0.2, -0.15) is 5.10 Å². The Hall–Kier alpha value is -4.65. The molecular formula is C28H25N5O2. The average molecular weight is 464 g/mol. The summed E-state index contributed by atoms with van der Waals surface area (Å²) in [7, 11) is 1.62. The zero-order valence-corrected chi connectivity index (χ0v) is 19.3. The van der Waals surface area contributed by atoms with E-state index in [0.717, 1.165) is 22.4 Å². The van der Waals surface area contributed by atoms with Crippen molar-refractivity contribution < 1.29 is 9.53 Å². The van der Waals surface area contributed by atoms with Crippen molar-refractivity contribution >= 4 is 11.6 Å². The number of hydrogen-bond acceptors (Lipinski definition) is 4. The summed E-state index contributed by atoms with van der Waals surface area (Å²) >= 11 is 0. The number of aromatic nitrogens is 4. The van der Waals surface area contributed by atoms with E-state index in [1.807, 2.05) is 89.6 Å². The maximum Gasteiger partial charge on any atom is 0.259 e. The van der Waals surface area contributed by atoms with Crippen molar-refractivity contribution in [1.82, 2.24) is 19.3 Å². The lowest BCUT2D eigenvalue weighted by molar-refractivity contribution is 0.102. The fraction of sp³-hybridized carbons (Fsp3) is 0.107. The number of anilines is 1. The third-order valence-corrected chi connectivity index (χ3v) is 5.65. The van der Waals surface area contributed by atoms with Gasteiger partial charge < -0.3 is 14.6 Å². The van der Waals surface area contributed by atoms with Crippen LogP contribution in [0.5, 0.6) is 5.75 Å². The summed E-state index contributed by atoms with van der Waals surface area (Å²) in [5, 5.41) is 7.82. The molecule has 2 aromatic heterocycles. The zero-order valence-electron chi connectivity index (χ0n) is 19.3.